The summed E-state index contributed by atoms with van der Waals surface area (Å²) in [5.74, 6) is -0.353. The zero-order valence-electron chi connectivity index (χ0n) is 6.60. The van der Waals surface area contributed by atoms with Gasteiger partial charge in [-0.05, 0) is 20.8 Å². The molecule has 0 aromatic rings. The van der Waals surface area contributed by atoms with Crippen molar-refractivity contribution < 1.29 is 9.53 Å². The zero-order valence-corrected chi connectivity index (χ0v) is 6.60. The normalized spacial score (nSPS) is 12.3. The number of carbonyl (C=O) groups is 1. The fourth-order valence-electron chi connectivity index (χ4n) is 0.465. The molecule has 0 saturated heterocycles. The second-order valence-electron chi connectivity index (χ2n) is 2.13. The Balaban J connectivity index is 3.82. The highest BCUT2D eigenvalue weighted by Gasteiger charge is 2.13. The van der Waals surface area contributed by atoms with Crippen LogP contribution >= 0.6 is 0 Å². The summed E-state index contributed by atoms with van der Waals surface area (Å²) < 4.78 is 4.83. The summed E-state index contributed by atoms with van der Waals surface area (Å²) in [5.41, 5.74) is 0. The first-order valence-corrected chi connectivity index (χ1v) is 3.31. The quantitative estimate of drug-likeness (QED) is 0.477. The SMILES string of the molecule is CCOC(=N)C(C)C(C)=O. The Morgan fingerprint density at radius 2 is 2.20 bits per heavy atom. The molecule has 0 amide bonds. The lowest BCUT2D eigenvalue weighted by atomic mass is 10.1. The number of ether oxygens (including phenoxy) is 1. The predicted octanol–water partition coefficient (Wildman–Crippen LogP) is 1.23. The molecule has 0 aromatic heterocycles. The predicted molar refractivity (Wildman–Crippen MR) is 39.2 cm³/mol. The van der Waals surface area contributed by atoms with Crippen molar-refractivity contribution in [2.24, 2.45) is 5.92 Å². The molecule has 1 atom stereocenters. The molecule has 0 fully saturated rings. The molecule has 3 heteroatoms. The van der Waals surface area contributed by atoms with Crippen LogP contribution in [0.2, 0.25) is 0 Å². The molecule has 0 saturated carbocycles. The number of ketones is 1. The van der Waals surface area contributed by atoms with E-state index >= 15 is 0 Å². The number of carbonyl (C=O) groups excluding carboxylic acids is 1. The van der Waals surface area contributed by atoms with Crippen molar-refractivity contribution in [2.75, 3.05) is 6.61 Å². The smallest absolute Gasteiger partial charge is 0.190 e. The summed E-state index contributed by atoms with van der Waals surface area (Å²) in [7, 11) is 0. The number of rotatable bonds is 3. The maximum atomic E-state index is 10.6. The van der Waals surface area contributed by atoms with E-state index in [0.717, 1.165) is 0 Å². The van der Waals surface area contributed by atoms with Crippen molar-refractivity contribution in [3.63, 3.8) is 0 Å². The molecule has 0 heterocycles. The third-order valence-corrected chi connectivity index (χ3v) is 1.30. The van der Waals surface area contributed by atoms with Crippen molar-refractivity contribution in [1.82, 2.24) is 0 Å². The molecule has 58 valence electrons. The van der Waals surface area contributed by atoms with Crippen LogP contribution in [0.4, 0.5) is 0 Å². The van der Waals surface area contributed by atoms with Gasteiger partial charge in [0, 0.05) is 0 Å². The average molecular weight is 143 g/mol. The van der Waals surface area contributed by atoms with Crippen LogP contribution in [0.5, 0.6) is 0 Å². The van der Waals surface area contributed by atoms with Gasteiger partial charge in [0.25, 0.3) is 0 Å². The van der Waals surface area contributed by atoms with E-state index in [4.69, 9.17) is 10.1 Å². The van der Waals surface area contributed by atoms with Crippen LogP contribution in [-0.4, -0.2) is 18.3 Å². The molecular formula is C7H13NO2. The van der Waals surface area contributed by atoms with E-state index in [2.05, 4.69) is 0 Å². The van der Waals surface area contributed by atoms with Crippen molar-refractivity contribution >= 4 is 11.7 Å². The lowest BCUT2D eigenvalue weighted by Gasteiger charge is -2.08. The molecule has 0 aromatic carbocycles. The van der Waals surface area contributed by atoms with Crippen LogP contribution < -0.4 is 0 Å². The zero-order chi connectivity index (χ0) is 8.15. The Labute approximate surface area is 60.9 Å². The van der Waals surface area contributed by atoms with Gasteiger partial charge in [-0.2, -0.15) is 0 Å². The first-order valence-electron chi connectivity index (χ1n) is 3.31. The van der Waals surface area contributed by atoms with E-state index in [1.807, 2.05) is 0 Å². The van der Waals surface area contributed by atoms with Gasteiger partial charge in [-0.1, -0.05) is 0 Å². The molecular weight excluding hydrogens is 130 g/mol. The topological polar surface area (TPSA) is 50.1 Å². The second-order valence-corrected chi connectivity index (χ2v) is 2.13. The Morgan fingerprint density at radius 1 is 1.70 bits per heavy atom. The Hall–Kier alpha value is -0.860. The van der Waals surface area contributed by atoms with Crippen LogP contribution in [-0.2, 0) is 9.53 Å². The minimum absolute atomic E-state index is 0.0292. The van der Waals surface area contributed by atoms with Gasteiger partial charge in [0.1, 0.15) is 5.78 Å². The highest BCUT2D eigenvalue weighted by Crippen LogP contribution is 1.99. The molecule has 1 N–H and O–H groups in total. The maximum absolute atomic E-state index is 10.6. The number of hydrogen-bond donors (Lipinski definition) is 1. The molecule has 10 heavy (non-hydrogen) atoms. The fraction of sp³-hybridized carbons (Fsp3) is 0.714. The van der Waals surface area contributed by atoms with E-state index in [9.17, 15) is 4.79 Å². The standard InChI is InChI=1S/C7H13NO2/c1-4-10-7(8)5(2)6(3)9/h5,8H,4H2,1-3H3. The Bertz CT molecular complexity index is 143. The molecule has 0 radical (unpaired) electrons. The van der Waals surface area contributed by atoms with Gasteiger partial charge < -0.3 is 4.74 Å². The average Bonchev–Trinajstić information content (AvgIpc) is 1.87. The van der Waals surface area contributed by atoms with E-state index in [1.165, 1.54) is 6.92 Å². The third-order valence-electron chi connectivity index (χ3n) is 1.30. The summed E-state index contributed by atoms with van der Waals surface area (Å²) >= 11 is 0. The minimum atomic E-state index is -0.389. The van der Waals surface area contributed by atoms with Crippen LogP contribution in [0.3, 0.4) is 0 Å². The first-order chi connectivity index (χ1) is 4.59. The Kier molecular flexibility index (Phi) is 3.69. The highest BCUT2D eigenvalue weighted by atomic mass is 16.5. The number of Topliss-reactive ketones (excluding diaryl/α,β-unsaturated/α-hetero) is 1. The lowest BCUT2D eigenvalue weighted by Crippen LogP contribution is -2.20. The molecule has 1 unspecified atom stereocenters. The second kappa shape index (κ2) is 4.04. The van der Waals surface area contributed by atoms with E-state index < -0.39 is 0 Å². The summed E-state index contributed by atoms with van der Waals surface area (Å²) in [4.78, 5) is 10.6. The van der Waals surface area contributed by atoms with Crippen LogP contribution in [0.25, 0.3) is 0 Å². The van der Waals surface area contributed by atoms with E-state index in [1.54, 1.807) is 13.8 Å². The molecule has 0 aliphatic carbocycles. The van der Waals surface area contributed by atoms with Gasteiger partial charge in [-0.15, -0.1) is 0 Å². The van der Waals surface area contributed by atoms with Gasteiger partial charge >= 0.3 is 0 Å². The van der Waals surface area contributed by atoms with Crippen LogP contribution in [0, 0.1) is 11.3 Å². The van der Waals surface area contributed by atoms with Gasteiger partial charge in [0.15, 0.2) is 5.90 Å². The summed E-state index contributed by atoms with van der Waals surface area (Å²) in [6.07, 6.45) is 0. The monoisotopic (exact) mass is 143 g/mol. The summed E-state index contributed by atoms with van der Waals surface area (Å²) in [6.45, 7) is 5.37. The van der Waals surface area contributed by atoms with Gasteiger partial charge in [-0.3, -0.25) is 10.2 Å². The number of nitrogens with one attached hydrogen (secondary N) is 1. The van der Waals surface area contributed by atoms with Crippen molar-refractivity contribution in [3.8, 4) is 0 Å². The minimum Gasteiger partial charge on any atom is -0.481 e. The van der Waals surface area contributed by atoms with Gasteiger partial charge in [-0.25, -0.2) is 0 Å². The highest BCUT2D eigenvalue weighted by molar-refractivity contribution is 5.98. The van der Waals surface area contributed by atoms with Crippen molar-refractivity contribution in [2.45, 2.75) is 20.8 Å². The van der Waals surface area contributed by atoms with Gasteiger partial charge in [0.2, 0.25) is 0 Å². The molecule has 0 rings (SSSR count). The molecule has 0 aliphatic rings. The van der Waals surface area contributed by atoms with E-state index in [0.29, 0.717) is 6.61 Å². The van der Waals surface area contributed by atoms with Crippen molar-refractivity contribution in [3.05, 3.63) is 0 Å². The van der Waals surface area contributed by atoms with E-state index in [-0.39, 0.29) is 17.6 Å². The fourth-order valence-corrected chi connectivity index (χ4v) is 0.465. The molecule has 0 spiro atoms. The molecule has 0 aliphatic heterocycles. The summed E-state index contributed by atoms with van der Waals surface area (Å²) in [6, 6.07) is 0. The number of hydrogen-bond acceptors (Lipinski definition) is 3. The molecule has 3 nitrogen and oxygen atoms in total. The molecule has 0 bridgehead atoms. The lowest BCUT2D eigenvalue weighted by molar-refractivity contribution is -0.118. The Morgan fingerprint density at radius 3 is 2.50 bits per heavy atom. The van der Waals surface area contributed by atoms with Gasteiger partial charge in [0.05, 0.1) is 12.5 Å². The van der Waals surface area contributed by atoms with Crippen LogP contribution in [0.1, 0.15) is 20.8 Å². The first kappa shape index (κ1) is 9.14. The summed E-state index contributed by atoms with van der Waals surface area (Å²) in [5, 5.41) is 7.18. The maximum Gasteiger partial charge on any atom is 0.190 e. The largest absolute Gasteiger partial charge is 0.481 e. The van der Waals surface area contributed by atoms with Crippen molar-refractivity contribution in [1.29, 1.82) is 5.41 Å². The van der Waals surface area contributed by atoms with Crippen LogP contribution in [0.15, 0.2) is 0 Å². The third kappa shape index (κ3) is 2.62.